The Morgan fingerprint density at radius 1 is 1.28 bits per heavy atom. The van der Waals surface area contributed by atoms with Gasteiger partial charge in [0.1, 0.15) is 23.6 Å². The fraction of sp³-hybridized carbons (Fsp3) is 0.353. The second-order valence-corrected chi connectivity index (χ2v) is 6.14. The lowest BCUT2D eigenvalue weighted by atomic mass is 10.2. The highest BCUT2D eigenvalue weighted by molar-refractivity contribution is 5.73. The molecule has 0 radical (unpaired) electrons. The van der Waals surface area contributed by atoms with Gasteiger partial charge in [0.05, 0.1) is 12.2 Å². The fourth-order valence-electron chi connectivity index (χ4n) is 3.20. The van der Waals surface area contributed by atoms with E-state index < -0.39 is 11.6 Å². The number of nitrogens with one attached hydrogen (secondary N) is 1. The van der Waals surface area contributed by atoms with Gasteiger partial charge in [-0.1, -0.05) is 12.8 Å². The van der Waals surface area contributed by atoms with E-state index in [-0.39, 0.29) is 29.8 Å². The Balaban J connectivity index is 1.63. The van der Waals surface area contributed by atoms with Gasteiger partial charge in [0.2, 0.25) is 0 Å². The van der Waals surface area contributed by atoms with Crippen LogP contribution in [0.15, 0.2) is 29.2 Å². The van der Waals surface area contributed by atoms with Crippen molar-refractivity contribution in [2.75, 3.05) is 0 Å². The van der Waals surface area contributed by atoms with Crippen LogP contribution in [0.3, 0.4) is 0 Å². The molecule has 3 aromatic rings. The average molecular weight is 346 g/mol. The standard InChI is InChI=1S/C17H16F2N4O2/c18-10-5-6-14(13(19)7-10)25-9-15-21-16-12(17(24)22-15)8-20-23(16)11-3-1-2-4-11/h5-8,11H,1-4,9H2,(H,21,22,24). The number of hydrogen-bond donors (Lipinski definition) is 1. The second-order valence-electron chi connectivity index (χ2n) is 6.14. The predicted octanol–water partition coefficient (Wildman–Crippen LogP) is 3.09. The van der Waals surface area contributed by atoms with Crippen molar-refractivity contribution < 1.29 is 13.5 Å². The number of fused-ring (bicyclic) bond motifs is 1. The van der Waals surface area contributed by atoms with Crippen LogP contribution in [-0.4, -0.2) is 19.7 Å². The zero-order chi connectivity index (χ0) is 17.4. The molecule has 2 aromatic heterocycles. The maximum atomic E-state index is 13.6. The van der Waals surface area contributed by atoms with Crippen LogP contribution in [0.4, 0.5) is 8.78 Å². The van der Waals surface area contributed by atoms with Crippen LogP contribution in [0.5, 0.6) is 5.75 Å². The first-order valence-electron chi connectivity index (χ1n) is 8.16. The first kappa shape index (κ1) is 15.7. The zero-order valence-corrected chi connectivity index (χ0v) is 13.3. The topological polar surface area (TPSA) is 72.8 Å². The molecule has 1 aliphatic carbocycles. The van der Waals surface area contributed by atoms with Crippen LogP contribution in [0.25, 0.3) is 11.0 Å². The Kier molecular flexibility index (Phi) is 3.95. The van der Waals surface area contributed by atoms with E-state index in [9.17, 15) is 13.6 Å². The van der Waals surface area contributed by atoms with E-state index in [0.717, 1.165) is 37.8 Å². The van der Waals surface area contributed by atoms with Crippen LogP contribution in [-0.2, 0) is 6.61 Å². The van der Waals surface area contributed by atoms with Gasteiger partial charge in [-0.2, -0.15) is 5.10 Å². The SMILES string of the molecule is O=c1[nH]c(COc2ccc(F)cc2F)nc2c1cnn2C1CCCC1. The number of benzene rings is 1. The summed E-state index contributed by atoms with van der Waals surface area (Å²) in [7, 11) is 0. The van der Waals surface area contributed by atoms with Crippen molar-refractivity contribution in [3.8, 4) is 5.75 Å². The molecular formula is C17H16F2N4O2. The zero-order valence-electron chi connectivity index (χ0n) is 13.3. The Hall–Kier alpha value is -2.77. The highest BCUT2D eigenvalue weighted by Crippen LogP contribution is 2.30. The number of rotatable bonds is 4. The maximum absolute atomic E-state index is 13.6. The Labute approximate surface area is 141 Å². The minimum atomic E-state index is -0.806. The van der Waals surface area contributed by atoms with Crippen molar-refractivity contribution in [1.29, 1.82) is 0 Å². The van der Waals surface area contributed by atoms with E-state index in [1.54, 1.807) is 4.68 Å². The van der Waals surface area contributed by atoms with E-state index in [0.29, 0.717) is 11.0 Å². The summed E-state index contributed by atoms with van der Waals surface area (Å²) in [6.07, 6.45) is 5.81. The molecule has 0 spiro atoms. The fourth-order valence-corrected chi connectivity index (χ4v) is 3.20. The molecule has 0 atom stereocenters. The molecule has 0 aliphatic heterocycles. The third-order valence-corrected chi connectivity index (χ3v) is 4.44. The molecule has 130 valence electrons. The van der Waals surface area contributed by atoms with Gasteiger partial charge < -0.3 is 9.72 Å². The summed E-state index contributed by atoms with van der Waals surface area (Å²) >= 11 is 0. The highest BCUT2D eigenvalue weighted by atomic mass is 19.1. The van der Waals surface area contributed by atoms with Crippen molar-refractivity contribution in [1.82, 2.24) is 19.7 Å². The molecule has 1 aliphatic rings. The average Bonchev–Trinajstić information content (AvgIpc) is 3.23. The summed E-state index contributed by atoms with van der Waals surface area (Å²) in [6.45, 7) is -0.135. The van der Waals surface area contributed by atoms with E-state index >= 15 is 0 Å². The van der Waals surface area contributed by atoms with E-state index in [1.165, 1.54) is 12.3 Å². The number of nitrogens with zero attached hydrogens (tertiary/aromatic N) is 3. The summed E-state index contributed by atoms with van der Waals surface area (Å²) in [5.74, 6) is -1.33. The first-order valence-corrected chi connectivity index (χ1v) is 8.16. The van der Waals surface area contributed by atoms with E-state index in [1.807, 2.05) is 0 Å². The Morgan fingerprint density at radius 2 is 2.08 bits per heavy atom. The highest BCUT2D eigenvalue weighted by Gasteiger charge is 2.21. The molecule has 8 heteroatoms. The maximum Gasteiger partial charge on any atom is 0.262 e. The third-order valence-electron chi connectivity index (χ3n) is 4.44. The van der Waals surface area contributed by atoms with E-state index in [2.05, 4.69) is 15.1 Å². The van der Waals surface area contributed by atoms with Crippen LogP contribution in [0, 0.1) is 11.6 Å². The molecular weight excluding hydrogens is 330 g/mol. The van der Waals surface area contributed by atoms with Gasteiger partial charge in [-0.3, -0.25) is 4.79 Å². The lowest BCUT2D eigenvalue weighted by Gasteiger charge is -2.11. The monoisotopic (exact) mass is 346 g/mol. The molecule has 2 heterocycles. The van der Waals surface area contributed by atoms with Crippen molar-refractivity contribution in [2.24, 2.45) is 0 Å². The van der Waals surface area contributed by atoms with Gasteiger partial charge in [-0.05, 0) is 25.0 Å². The minimum Gasteiger partial charge on any atom is -0.483 e. The summed E-state index contributed by atoms with van der Waals surface area (Å²) in [6, 6.07) is 3.29. The molecule has 6 nitrogen and oxygen atoms in total. The summed E-state index contributed by atoms with van der Waals surface area (Å²) in [4.78, 5) is 19.3. The van der Waals surface area contributed by atoms with Crippen molar-refractivity contribution in [3.05, 3.63) is 52.2 Å². The number of halogens is 2. The van der Waals surface area contributed by atoms with Crippen molar-refractivity contribution in [3.63, 3.8) is 0 Å². The molecule has 0 amide bonds. The molecule has 0 saturated heterocycles. The van der Waals surface area contributed by atoms with E-state index in [4.69, 9.17) is 4.74 Å². The van der Waals surface area contributed by atoms with Crippen LogP contribution < -0.4 is 10.3 Å². The predicted molar refractivity (Wildman–Crippen MR) is 86.3 cm³/mol. The minimum absolute atomic E-state index is 0.103. The van der Waals surface area contributed by atoms with Gasteiger partial charge in [0, 0.05) is 6.07 Å². The van der Waals surface area contributed by atoms with Gasteiger partial charge in [-0.15, -0.1) is 0 Å². The number of ether oxygens (including phenoxy) is 1. The lowest BCUT2D eigenvalue weighted by molar-refractivity contribution is 0.280. The van der Waals surface area contributed by atoms with Gasteiger partial charge in [0.25, 0.3) is 5.56 Å². The molecule has 25 heavy (non-hydrogen) atoms. The molecule has 0 bridgehead atoms. The number of aromatic nitrogens is 4. The summed E-state index contributed by atoms with van der Waals surface area (Å²) in [5, 5.41) is 4.73. The summed E-state index contributed by atoms with van der Waals surface area (Å²) < 4.78 is 33.7. The first-order chi connectivity index (χ1) is 12.1. The van der Waals surface area contributed by atoms with Crippen molar-refractivity contribution >= 4 is 11.0 Å². The van der Waals surface area contributed by atoms with Gasteiger partial charge in [-0.25, -0.2) is 18.4 Å². The number of H-pyrrole nitrogens is 1. The molecule has 0 unspecified atom stereocenters. The van der Waals surface area contributed by atoms with Gasteiger partial charge in [0.15, 0.2) is 17.2 Å². The second kappa shape index (κ2) is 6.27. The summed E-state index contributed by atoms with van der Waals surface area (Å²) in [5.41, 5.74) is 0.196. The smallest absolute Gasteiger partial charge is 0.262 e. The lowest BCUT2D eigenvalue weighted by Crippen LogP contribution is -2.15. The molecule has 1 saturated carbocycles. The number of hydrogen-bond acceptors (Lipinski definition) is 4. The van der Waals surface area contributed by atoms with Crippen LogP contribution in [0.2, 0.25) is 0 Å². The van der Waals surface area contributed by atoms with Crippen molar-refractivity contribution in [2.45, 2.75) is 38.3 Å². The third kappa shape index (κ3) is 2.99. The molecule has 1 N–H and O–H groups in total. The van der Waals surface area contributed by atoms with Crippen LogP contribution in [0.1, 0.15) is 37.5 Å². The quantitative estimate of drug-likeness (QED) is 0.788. The largest absolute Gasteiger partial charge is 0.483 e. The van der Waals surface area contributed by atoms with Crippen LogP contribution >= 0.6 is 0 Å². The molecule has 1 aromatic carbocycles. The number of aromatic amines is 1. The Bertz CT molecular complexity index is 976. The molecule has 1 fully saturated rings. The molecule has 4 rings (SSSR count). The van der Waals surface area contributed by atoms with Gasteiger partial charge >= 0.3 is 0 Å². The normalized spacial score (nSPS) is 15.1. The Morgan fingerprint density at radius 3 is 2.84 bits per heavy atom.